The molecule has 0 bridgehead atoms. The lowest BCUT2D eigenvalue weighted by molar-refractivity contribution is 0.102. The number of carbonyl (C=O) groups excluding carboxylic acids is 1. The molecule has 4 rings (SSSR count). The summed E-state index contributed by atoms with van der Waals surface area (Å²) in [6.45, 7) is 0. The second kappa shape index (κ2) is 8.38. The van der Waals surface area contributed by atoms with Gasteiger partial charge in [-0.25, -0.2) is 22.9 Å². The molecule has 4 aromatic rings. The molecule has 1 heterocycles. The molecule has 156 valence electrons. The number of anilines is 1. The van der Waals surface area contributed by atoms with Crippen molar-refractivity contribution in [1.29, 1.82) is 0 Å². The van der Waals surface area contributed by atoms with Crippen LogP contribution >= 0.6 is 11.3 Å². The Morgan fingerprint density at radius 1 is 0.903 bits per heavy atom. The maximum Gasteiger partial charge on any atom is 0.257 e. The molecule has 3 N–H and O–H groups in total. The van der Waals surface area contributed by atoms with Crippen molar-refractivity contribution < 1.29 is 17.6 Å². The Labute approximate surface area is 182 Å². The minimum Gasteiger partial charge on any atom is -0.298 e. The third kappa shape index (κ3) is 4.69. The van der Waals surface area contributed by atoms with E-state index in [1.807, 2.05) is 6.07 Å². The summed E-state index contributed by atoms with van der Waals surface area (Å²) in [5.41, 5.74) is 2.36. The Hall–Kier alpha value is -3.40. The molecule has 0 aliphatic heterocycles. The lowest BCUT2D eigenvalue weighted by Crippen LogP contribution is -2.11. The SMILES string of the molecule is NS(=O)(=O)c1ccc(-c2nc(NC(=O)c3ccccc3)sc2-c2ccc(F)cc2)cc1. The van der Waals surface area contributed by atoms with Crippen LogP contribution in [0.15, 0.2) is 83.8 Å². The maximum atomic E-state index is 13.4. The van der Waals surface area contributed by atoms with Crippen molar-refractivity contribution in [3.63, 3.8) is 0 Å². The normalized spacial score (nSPS) is 11.3. The highest BCUT2D eigenvalue weighted by atomic mass is 32.2. The van der Waals surface area contributed by atoms with Crippen molar-refractivity contribution in [2.45, 2.75) is 4.90 Å². The van der Waals surface area contributed by atoms with Crippen molar-refractivity contribution in [1.82, 2.24) is 4.98 Å². The van der Waals surface area contributed by atoms with Crippen LogP contribution in [-0.4, -0.2) is 19.3 Å². The van der Waals surface area contributed by atoms with Crippen LogP contribution in [-0.2, 0) is 10.0 Å². The van der Waals surface area contributed by atoms with Crippen LogP contribution in [0.1, 0.15) is 10.4 Å². The number of nitrogens with two attached hydrogens (primary N) is 1. The zero-order valence-electron chi connectivity index (χ0n) is 15.9. The van der Waals surface area contributed by atoms with E-state index in [0.717, 1.165) is 0 Å². The van der Waals surface area contributed by atoms with Gasteiger partial charge in [0.1, 0.15) is 5.82 Å². The Balaban J connectivity index is 1.75. The van der Waals surface area contributed by atoms with Crippen molar-refractivity contribution in [3.05, 3.63) is 90.2 Å². The van der Waals surface area contributed by atoms with E-state index in [1.54, 1.807) is 48.5 Å². The largest absolute Gasteiger partial charge is 0.298 e. The summed E-state index contributed by atoms with van der Waals surface area (Å²) in [5, 5.41) is 8.31. The first kappa shape index (κ1) is 20.9. The Kier molecular flexibility index (Phi) is 5.64. The number of sulfonamides is 1. The minimum atomic E-state index is -3.83. The van der Waals surface area contributed by atoms with Crippen LogP contribution in [0.4, 0.5) is 9.52 Å². The van der Waals surface area contributed by atoms with Gasteiger partial charge >= 0.3 is 0 Å². The van der Waals surface area contributed by atoms with Gasteiger partial charge in [-0.1, -0.05) is 53.8 Å². The van der Waals surface area contributed by atoms with Crippen LogP contribution in [0.3, 0.4) is 0 Å². The monoisotopic (exact) mass is 453 g/mol. The standard InChI is InChI=1S/C22H16FN3O3S2/c23-17-10-6-15(7-11-17)20-19(14-8-12-18(13-9-14)31(24,28)29)25-22(30-20)26-21(27)16-4-2-1-3-5-16/h1-13H,(H2,24,28,29)(H,25,26,27). The van der Waals surface area contributed by atoms with Gasteiger partial charge in [-0.15, -0.1) is 0 Å². The summed E-state index contributed by atoms with van der Waals surface area (Å²) in [6.07, 6.45) is 0. The molecule has 0 radical (unpaired) electrons. The van der Waals surface area contributed by atoms with E-state index in [4.69, 9.17) is 5.14 Å². The fourth-order valence-corrected chi connectivity index (χ4v) is 4.43. The number of amides is 1. The van der Waals surface area contributed by atoms with Gasteiger partial charge in [-0.3, -0.25) is 10.1 Å². The number of nitrogens with zero attached hydrogens (tertiary/aromatic N) is 1. The van der Waals surface area contributed by atoms with E-state index in [1.165, 1.54) is 35.6 Å². The number of aromatic nitrogens is 1. The number of halogens is 1. The second-order valence-electron chi connectivity index (χ2n) is 6.59. The van der Waals surface area contributed by atoms with Crippen molar-refractivity contribution in [3.8, 4) is 21.7 Å². The highest BCUT2D eigenvalue weighted by molar-refractivity contribution is 7.89. The third-order valence-corrected chi connectivity index (χ3v) is 6.40. The number of thiazole rings is 1. The fourth-order valence-electron chi connectivity index (χ4n) is 2.93. The summed E-state index contributed by atoms with van der Waals surface area (Å²) in [7, 11) is -3.83. The Morgan fingerprint density at radius 3 is 2.13 bits per heavy atom. The predicted octanol–water partition coefficient (Wildman–Crippen LogP) is 4.52. The van der Waals surface area contributed by atoms with E-state index in [0.29, 0.717) is 32.4 Å². The van der Waals surface area contributed by atoms with Gasteiger partial charge < -0.3 is 0 Å². The van der Waals surface area contributed by atoms with Crippen LogP contribution in [0.25, 0.3) is 21.7 Å². The van der Waals surface area contributed by atoms with Crippen LogP contribution in [0.5, 0.6) is 0 Å². The molecule has 0 spiro atoms. The lowest BCUT2D eigenvalue weighted by atomic mass is 10.1. The molecule has 0 atom stereocenters. The van der Waals surface area contributed by atoms with E-state index in [2.05, 4.69) is 10.3 Å². The van der Waals surface area contributed by atoms with Crippen LogP contribution in [0, 0.1) is 5.82 Å². The van der Waals surface area contributed by atoms with E-state index < -0.39 is 10.0 Å². The summed E-state index contributed by atoms with van der Waals surface area (Å²) in [6, 6.07) is 20.6. The first-order valence-electron chi connectivity index (χ1n) is 9.08. The highest BCUT2D eigenvalue weighted by Crippen LogP contribution is 2.39. The lowest BCUT2D eigenvalue weighted by Gasteiger charge is -2.04. The minimum absolute atomic E-state index is 0.0209. The summed E-state index contributed by atoms with van der Waals surface area (Å²) >= 11 is 1.24. The summed E-state index contributed by atoms with van der Waals surface area (Å²) in [4.78, 5) is 17.8. The van der Waals surface area contributed by atoms with E-state index in [-0.39, 0.29) is 16.6 Å². The average molecular weight is 454 g/mol. The maximum absolute atomic E-state index is 13.4. The Morgan fingerprint density at radius 2 is 1.52 bits per heavy atom. The zero-order valence-corrected chi connectivity index (χ0v) is 17.6. The summed E-state index contributed by atoms with van der Waals surface area (Å²) in [5.74, 6) is -0.680. The third-order valence-electron chi connectivity index (χ3n) is 4.45. The molecule has 0 fully saturated rings. The number of benzene rings is 3. The second-order valence-corrected chi connectivity index (χ2v) is 9.15. The molecule has 6 nitrogen and oxygen atoms in total. The van der Waals surface area contributed by atoms with Gasteiger partial charge in [0.05, 0.1) is 15.5 Å². The molecular weight excluding hydrogens is 437 g/mol. The topological polar surface area (TPSA) is 102 Å². The predicted molar refractivity (Wildman–Crippen MR) is 119 cm³/mol. The smallest absolute Gasteiger partial charge is 0.257 e. The molecule has 0 aliphatic carbocycles. The molecule has 31 heavy (non-hydrogen) atoms. The molecule has 9 heteroatoms. The van der Waals surface area contributed by atoms with Crippen LogP contribution in [0.2, 0.25) is 0 Å². The first-order chi connectivity index (χ1) is 14.8. The number of hydrogen-bond acceptors (Lipinski definition) is 5. The molecule has 0 saturated carbocycles. The van der Waals surface area contributed by atoms with Gasteiger partial charge in [0.2, 0.25) is 10.0 Å². The van der Waals surface area contributed by atoms with E-state index >= 15 is 0 Å². The molecule has 0 aliphatic rings. The zero-order chi connectivity index (χ0) is 22.0. The molecule has 0 unspecified atom stereocenters. The van der Waals surface area contributed by atoms with Gasteiger partial charge in [0.15, 0.2) is 5.13 Å². The van der Waals surface area contributed by atoms with Gasteiger partial charge in [0, 0.05) is 11.1 Å². The quantitative estimate of drug-likeness (QED) is 0.464. The van der Waals surface area contributed by atoms with Crippen molar-refractivity contribution >= 4 is 32.4 Å². The molecule has 0 saturated heterocycles. The van der Waals surface area contributed by atoms with Gasteiger partial charge in [-0.2, -0.15) is 0 Å². The van der Waals surface area contributed by atoms with Gasteiger partial charge in [0.25, 0.3) is 5.91 Å². The number of primary sulfonamides is 1. The molecule has 1 aromatic heterocycles. The van der Waals surface area contributed by atoms with Gasteiger partial charge in [-0.05, 0) is 42.0 Å². The Bertz CT molecular complexity index is 1340. The molecule has 3 aromatic carbocycles. The highest BCUT2D eigenvalue weighted by Gasteiger charge is 2.18. The number of rotatable bonds is 5. The first-order valence-corrected chi connectivity index (χ1v) is 11.4. The number of hydrogen-bond donors (Lipinski definition) is 2. The fraction of sp³-hybridized carbons (Fsp3) is 0. The van der Waals surface area contributed by atoms with Crippen molar-refractivity contribution in [2.75, 3.05) is 5.32 Å². The molecule has 1 amide bonds. The van der Waals surface area contributed by atoms with E-state index in [9.17, 15) is 17.6 Å². The average Bonchev–Trinajstić information content (AvgIpc) is 3.18. The van der Waals surface area contributed by atoms with Crippen LogP contribution < -0.4 is 10.5 Å². The number of nitrogens with one attached hydrogen (secondary N) is 1. The summed E-state index contributed by atoms with van der Waals surface area (Å²) < 4.78 is 36.5. The molecular formula is C22H16FN3O3S2. The number of carbonyl (C=O) groups is 1. The van der Waals surface area contributed by atoms with Crippen molar-refractivity contribution in [2.24, 2.45) is 5.14 Å².